The Labute approximate surface area is 168 Å². The van der Waals surface area contributed by atoms with E-state index in [1.54, 1.807) is 0 Å². The average molecular weight is 476 g/mol. The van der Waals surface area contributed by atoms with E-state index >= 15 is 0 Å². The summed E-state index contributed by atoms with van der Waals surface area (Å²) in [6, 6.07) is 20.1. The summed E-state index contributed by atoms with van der Waals surface area (Å²) in [4.78, 5) is 0. The minimum absolute atomic E-state index is 0.587. The van der Waals surface area contributed by atoms with Crippen molar-refractivity contribution in [1.82, 2.24) is 0 Å². The first-order chi connectivity index (χ1) is 11.9. The molecule has 0 radical (unpaired) electrons. The van der Waals surface area contributed by atoms with E-state index in [0.29, 0.717) is 0 Å². The highest BCUT2D eigenvalue weighted by molar-refractivity contribution is 9.10. The molecule has 0 aliphatic heterocycles. The lowest BCUT2D eigenvalue weighted by atomic mass is 10.2. The van der Waals surface area contributed by atoms with Gasteiger partial charge in [-0.2, -0.15) is 0 Å². The van der Waals surface area contributed by atoms with Crippen molar-refractivity contribution in [2.24, 2.45) is 0 Å². The van der Waals surface area contributed by atoms with E-state index in [1.165, 1.54) is 47.1 Å². The van der Waals surface area contributed by atoms with Crippen molar-refractivity contribution in [3.63, 3.8) is 0 Å². The van der Waals surface area contributed by atoms with Crippen LogP contribution in [0.25, 0.3) is 0 Å². The molecule has 0 nitrogen and oxygen atoms in total. The first-order valence-electron chi connectivity index (χ1n) is 8.27. The Balaban J connectivity index is 2.29. The van der Waals surface area contributed by atoms with Gasteiger partial charge < -0.3 is 0 Å². The first-order valence-corrected chi connectivity index (χ1v) is 11.2. The highest BCUT2D eigenvalue weighted by atomic mass is 79.9. The van der Waals surface area contributed by atoms with Crippen LogP contribution in [0.4, 0.5) is 0 Å². The Bertz CT molecular complexity index is 860. The summed E-state index contributed by atoms with van der Waals surface area (Å²) >= 11 is 7.36. The van der Waals surface area contributed by atoms with Crippen LogP contribution in [0.1, 0.15) is 22.3 Å². The Morgan fingerprint density at radius 1 is 0.600 bits per heavy atom. The molecule has 3 rings (SSSR count). The molecule has 0 atom stereocenters. The fourth-order valence-corrected chi connectivity index (χ4v) is 6.68. The predicted octanol–water partition coefficient (Wildman–Crippen LogP) is 6.20. The van der Waals surface area contributed by atoms with Crippen LogP contribution in [-0.4, -0.2) is 0 Å². The number of hydrogen-bond acceptors (Lipinski definition) is 0. The minimum Gasteiger partial charge on any atom is -0.0622 e. The molecule has 0 aliphatic rings. The van der Waals surface area contributed by atoms with Crippen molar-refractivity contribution in [1.29, 1.82) is 0 Å². The van der Waals surface area contributed by atoms with Crippen molar-refractivity contribution in [2.75, 3.05) is 0 Å². The number of aryl methyl sites for hydroxylation is 4. The molecule has 0 spiro atoms. The Kier molecular flexibility index (Phi) is 5.83. The zero-order valence-electron chi connectivity index (χ0n) is 14.9. The van der Waals surface area contributed by atoms with Crippen LogP contribution in [0.2, 0.25) is 0 Å². The largest absolute Gasteiger partial charge is 0.0622 e. The molecular weight excluding hydrogens is 455 g/mol. The summed E-state index contributed by atoms with van der Waals surface area (Å²) in [6.07, 6.45) is 0. The molecule has 0 bridgehead atoms. The van der Waals surface area contributed by atoms with E-state index in [-0.39, 0.29) is 0 Å². The standard InChI is InChI=1S/C22H21Br2P/c1-14-12-21(16(3)10-19(14)23)25(18-8-6-5-7-9-18)22-13-15(2)20(24)11-17(22)4/h5-13H,1-4H3. The van der Waals surface area contributed by atoms with Crippen LogP contribution in [0.15, 0.2) is 63.5 Å². The second kappa shape index (κ2) is 7.74. The second-order valence-corrected chi connectivity index (χ2v) is 10.3. The quantitative estimate of drug-likeness (QED) is 0.395. The van der Waals surface area contributed by atoms with Crippen LogP contribution < -0.4 is 15.9 Å². The maximum absolute atomic E-state index is 3.68. The van der Waals surface area contributed by atoms with E-state index in [2.05, 4.69) is 114 Å². The molecule has 25 heavy (non-hydrogen) atoms. The van der Waals surface area contributed by atoms with Crippen LogP contribution in [0, 0.1) is 27.7 Å². The van der Waals surface area contributed by atoms with Crippen molar-refractivity contribution in [3.8, 4) is 0 Å². The van der Waals surface area contributed by atoms with Gasteiger partial charge in [-0.3, -0.25) is 0 Å². The fourth-order valence-electron chi connectivity index (χ4n) is 3.00. The molecule has 0 amide bonds. The minimum atomic E-state index is -0.587. The molecule has 0 heterocycles. The zero-order valence-corrected chi connectivity index (χ0v) is 19.0. The van der Waals surface area contributed by atoms with Gasteiger partial charge in [0.25, 0.3) is 0 Å². The highest BCUT2D eigenvalue weighted by Gasteiger charge is 2.21. The van der Waals surface area contributed by atoms with E-state index in [4.69, 9.17) is 0 Å². The number of rotatable bonds is 3. The van der Waals surface area contributed by atoms with Crippen molar-refractivity contribution >= 4 is 55.7 Å². The molecular formula is C22H21Br2P. The van der Waals surface area contributed by atoms with Gasteiger partial charge in [-0.15, -0.1) is 0 Å². The topological polar surface area (TPSA) is 0 Å². The molecule has 128 valence electrons. The van der Waals surface area contributed by atoms with Crippen molar-refractivity contribution < 1.29 is 0 Å². The number of benzene rings is 3. The summed E-state index contributed by atoms with van der Waals surface area (Å²) in [7, 11) is -0.587. The number of halogens is 2. The molecule has 3 heteroatoms. The van der Waals surface area contributed by atoms with Crippen molar-refractivity contribution in [3.05, 3.63) is 85.8 Å². The lowest BCUT2D eigenvalue weighted by Crippen LogP contribution is -2.24. The van der Waals surface area contributed by atoms with Gasteiger partial charge >= 0.3 is 0 Å². The van der Waals surface area contributed by atoms with Crippen LogP contribution in [0.5, 0.6) is 0 Å². The maximum Gasteiger partial charge on any atom is 0.0207 e. The Morgan fingerprint density at radius 2 is 1.04 bits per heavy atom. The van der Waals surface area contributed by atoms with E-state index < -0.39 is 7.92 Å². The smallest absolute Gasteiger partial charge is 0.0207 e. The van der Waals surface area contributed by atoms with E-state index in [0.717, 1.165) is 0 Å². The maximum atomic E-state index is 3.68. The fraction of sp³-hybridized carbons (Fsp3) is 0.182. The third-order valence-corrected chi connectivity index (χ3v) is 8.90. The second-order valence-electron chi connectivity index (χ2n) is 6.45. The average Bonchev–Trinajstić information content (AvgIpc) is 2.58. The molecule has 3 aromatic rings. The van der Waals surface area contributed by atoms with Gasteiger partial charge in [0.1, 0.15) is 0 Å². The first kappa shape index (κ1) is 18.8. The lowest BCUT2D eigenvalue weighted by Gasteiger charge is -2.24. The Morgan fingerprint density at radius 3 is 1.48 bits per heavy atom. The SMILES string of the molecule is Cc1cc(P(c2ccccc2)c2cc(C)c(Br)cc2C)c(C)cc1Br. The van der Waals surface area contributed by atoms with E-state index in [9.17, 15) is 0 Å². The van der Waals surface area contributed by atoms with Gasteiger partial charge in [-0.05, 0) is 98.0 Å². The summed E-state index contributed by atoms with van der Waals surface area (Å²) in [6.45, 7) is 8.79. The van der Waals surface area contributed by atoms with Crippen LogP contribution >= 0.6 is 39.8 Å². The summed E-state index contributed by atoms with van der Waals surface area (Å²) in [5, 5.41) is 4.27. The van der Waals surface area contributed by atoms with Crippen LogP contribution in [-0.2, 0) is 0 Å². The van der Waals surface area contributed by atoms with Gasteiger partial charge in [-0.25, -0.2) is 0 Å². The van der Waals surface area contributed by atoms with E-state index in [1.807, 2.05) is 0 Å². The molecule has 0 N–H and O–H groups in total. The summed E-state index contributed by atoms with van der Waals surface area (Å²) in [5.41, 5.74) is 5.26. The lowest BCUT2D eigenvalue weighted by molar-refractivity contribution is 1.39. The molecule has 0 aliphatic carbocycles. The highest BCUT2D eigenvalue weighted by Crippen LogP contribution is 2.37. The predicted molar refractivity (Wildman–Crippen MR) is 119 cm³/mol. The van der Waals surface area contributed by atoms with Gasteiger partial charge in [0.15, 0.2) is 0 Å². The van der Waals surface area contributed by atoms with Gasteiger partial charge in [-0.1, -0.05) is 62.2 Å². The third kappa shape index (κ3) is 3.92. The molecule has 0 fully saturated rings. The number of hydrogen-bond donors (Lipinski definition) is 0. The monoisotopic (exact) mass is 474 g/mol. The van der Waals surface area contributed by atoms with Gasteiger partial charge in [0.05, 0.1) is 0 Å². The van der Waals surface area contributed by atoms with Crippen LogP contribution in [0.3, 0.4) is 0 Å². The molecule has 3 aromatic carbocycles. The molecule has 0 saturated carbocycles. The zero-order chi connectivity index (χ0) is 18.1. The third-order valence-electron chi connectivity index (χ3n) is 4.45. The molecule has 0 unspecified atom stereocenters. The van der Waals surface area contributed by atoms with Gasteiger partial charge in [0.2, 0.25) is 0 Å². The summed E-state index contributed by atoms with van der Waals surface area (Å²) < 4.78 is 2.36. The molecule has 0 aromatic heterocycles. The van der Waals surface area contributed by atoms with Crippen molar-refractivity contribution in [2.45, 2.75) is 27.7 Å². The van der Waals surface area contributed by atoms with Gasteiger partial charge in [0, 0.05) is 8.95 Å². The molecule has 0 saturated heterocycles. The Hall–Kier alpha value is -0.950. The normalized spacial score (nSPS) is 11.2. The summed E-state index contributed by atoms with van der Waals surface area (Å²) in [5.74, 6) is 0.